The summed E-state index contributed by atoms with van der Waals surface area (Å²) in [6, 6.07) is 30.2. The molecular formula is C47H58N4O8Si. The maximum Gasteiger partial charge on any atom is 0.264 e. The number of nitrogens with zero attached hydrogens (tertiary/aromatic N) is 3. The monoisotopic (exact) mass is 834 g/mol. The summed E-state index contributed by atoms with van der Waals surface area (Å²) in [4.78, 5) is 60.4. The fraction of sp³-hybridized carbons (Fsp3) is 0.426. The van der Waals surface area contributed by atoms with Crippen molar-refractivity contribution < 1.29 is 38.9 Å². The number of anilines is 3. The molecular weight excluding hydrogens is 777 g/mol. The molecule has 4 aromatic rings. The molecule has 0 bridgehead atoms. The molecule has 318 valence electrons. The first-order chi connectivity index (χ1) is 28.9. The van der Waals surface area contributed by atoms with E-state index in [4.69, 9.17) is 9.47 Å². The van der Waals surface area contributed by atoms with E-state index in [0.717, 1.165) is 34.5 Å². The van der Waals surface area contributed by atoms with E-state index in [2.05, 4.69) is 5.32 Å². The van der Waals surface area contributed by atoms with Gasteiger partial charge in [-0.3, -0.25) is 19.3 Å². The van der Waals surface area contributed by atoms with Gasteiger partial charge in [0.05, 0.1) is 49.7 Å². The van der Waals surface area contributed by atoms with E-state index in [9.17, 15) is 24.6 Å². The Balaban J connectivity index is 1.18. The number of carbonyl (C=O) groups is 3. The van der Waals surface area contributed by atoms with Gasteiger partial charge in [0.15, 0.2) is 13.9 Å². The Labute approximate surface area is 353 Å². The van der Waals surface area contributed by atoms with Gasteiger partial charge in [-0.1, -0.05) is 67.6 Å². The number of fused-ring (bicyclic) bond motifs is 3. The predicted molar refractivity (Wildman–Crippen MR) is 233 cm³/mol. The van der Waals surface area contributed by atoms with Crippen LogP contribution in [-0.2, 0) is 44.2 Å². The number of unbranched alkanes of at least 4 members (excludes halogenated alkanes) is 1. The second kappa shape index (κ2) is 18.4. The summed E-state index contributed by atoms with van der Waals surface area (Å²) in [5.41, 5.74) is 3.66. The van der Waals surface area contributed by atoms with Crippen molar-refractivity contribution in [3.8, 4) is 5.75 Å². The third kappa shape index (κ3) is 8.52. The van der Waals surface area contributed by atoms with Gasteiger partial charge < -0.3 is 39.6 Å². The van der Waals surface area contributed by atoms with E-state index in [1.165, 1.54) is 0 Å². The van der Waals surface area contributed by atoms with Crippen LogP contribution in [0.1, 0.15) is 55.4 Å². The summed E-state index contributed by atoms with van der Waals surface area (Å²) in [5.74, 6) is -0.295. The van der Waals surface area contributed by atoms with Gasteiger partial charge in [0.25, 0.3) is 5.91 Å². The number of benzene rings is 4. The maximum absolute atomic E-state index is 15.2. The smallest absolute Gasteiger partial charge is 0.264 e. The number of nitrogens with one attached hydrogen (secondary N) is 1. The maximum atomic E-state index is 15.2. The van der Waals surface area contributed by atoms with E-state index >= 15 is 4.79 Å². The number of amides is 3. The van der Waals surface area contributed by atoms with Crippen molar-refractivity contribution >= 4 is 43.1 Å². The number of carbonyl (C=O) groups excluding carboxylic acids is 3. The Hall–Kier alpha value is -4.89. The van der Waals surface area contributed by atoms with Gasteiger partial charge in [-0.05, 0) is 98.9 Å². The van der Waals surface area contributed by atoms with E-state index < -0.39 is 37.5 Å². The first-order valence-electron chi connectivity index (χ1n) is 21.2. The number of aliphatic hydroxyl groups is 2. The number of hydrogen-bond acceptors (Lipinski definition) is 9. The van der Waals surface area contributed by atoms with Crippen LogP contribution in [0, 0.1) is 5.92 Å². The molecule has 1 fully saturated rings. The van der Waals surface area contributed by atoms with Gasteiger partial charge in [-0.15, -0.1) is 0 Å². The molecule has 13 heteroatoms. The summed E-state index contributed by atoms with van der Waals surface area (Å²) in [7, 11) is -3.05. The lowest BCUT2D eigenvalue weighted by atomic mass is 9.82. The minimum absolute atomic E-state index is 0.0489. The quantitative estimate of drug-likeness (QED) is 0.0766. The van der Waals surface area contributed by atoms with Gasteiger partial charge in [0.2, 0.25) is 11.8 Å². The molecule has 0 saturated carbocycles. The minimum atomic E-state index is -3.05. The highest BCUT2D eigenvalue weighted by Gasteiger charge is 2.66. The van der Waals surface area contributed by atoms with Gasteiger partial charge in [0, 0.05) is 42.4 Å². The number of rotatable bonds is 17. The average Bonchev–Trinajstić information content (AvgIpc) is 3.66. The number of ether oxygens (including phenoxy) is 2. The Kier molecular flexibility index (Phi) is 13.2. The lowest BCUT2D eigenvalue weighted by Gasteiger charge is -2.35. The van der Waals surface area contributed by atoms with Crippen LogP contribution in [0.2, 0.25) is 18.6 Å². The standard InChI is InChI=1S/C47H58N4O8Si/c1-5-58-37-20-21-40-35(27-37)28-39(48-22-11-12-24-52)45(55)51(40)36-17-13-16-34(26-36)31-50-41-19-10-9-18-38(41)47(46(50)56)32(2)44(60(3,4)57)42(59-47)29-43(54)49(23-25-53)30-33-14-7-6-8-15-33/h6-10,13-21,26-27,32,39,42,44,48,52-53,57H,5,11-12,22-25,28-31H2,1-4H3/t32-,39?,42+,44-,47+/m0/s1. The Morgan fingerprint density at radius 3 is 2.42 bits per heavy atom. The lowest BCUT2D eigenvalue weighted by Crippen LogP contribution is -2.49. The zero-order valence-electron chi connectivity index (χ0n) is 35.0. The molecule has 3 heterocycles. The van der Waals surface area contributed by atoms with Crippen LogP contribution in [0.15, 0.2) is 97.1 Å². The Bertz CT molecular complexity index is 2160. The highest BCUT2D eigenvalue weighted by atomic mass is 28.4. The molecule has 0 radical (unpaired) electrons. The van der Waals surface area contributed by atoms with Crippen LogP contribution in [0.5, 0.6) is 5.75 Å². The van der Waals surface area contributed by atoms with E-state index in [1.807, 2.05) is 124 Å². The molecule has 3 amide bonds. The highest BCUT2D eigenvalue weighted by Crippen LogP contribution is 2.60. The van der Waals surface area contributed by atoms with Crippen molar-refractivity contribution in [3.63, 3.8) is 0 Å². The second-order valence-electron chi connectivity index (χ2n) is 16.7. The molecule has 3 aliphatic rings. The van der Waals surface area contributed by atoms with Gasteiger partial charge >= 0.3 is 0 Å². The van der Waals surface area contributed by atoms with Crippen molar-refractivity contribution in [2.75, 3.05) is 42.7 Å². The van der Waals surface area contributed by atoms with E-state index in [0.29, 0.717) is 49.5 Å². The first kappa shape index (κ1) is 43.2. The third-order valence-electron chi connectivity index (χ3n) is 12.2. The summed E-state index contributed by atoms with van der Waals surface area (Å²) in [6.45, 7) is 9.22. The van der Waals surface area contributed by atoms with Crippen LogP contribution in [0.25, 0.3) is 0 Å². The van der Waals surface area contributed by atoms with Gasteiger partial charge in [-0.25, -0.2) is 0 Å². The van der Waals surface area contributed by atoms with E-state index in [1.54, 1.807) is 14.7 Å². The van der Waals surface area contributed by atoms with Crippen LogP contribution >= 0.6 is 0 Å². The number of para-hydroxylation sites is 1. The topological polar surface area (TPSA) is 152 Å². The van der Waals surface area contributed by atoms with Crippen molar-refractivity contribution in [2.45, 2.75) is 89.0 Å². The molecule has 4 N–H and O–H groups in total. The van der Waals surface area contributed by atoms with Gasteiger partial charge in [-0.2, -0.15) is 0 Å². The Morgan fingerprint density at radius 1 is 0.933 bits per heavy atom. The molecule has 1 saturated heterocycles. The largest absolute Gasteiger partial charge is 0.494 e. The third-order valence-corrected chi connectivity index (χ3v) is 14.7. The van der Waals surface area contributed by atoms with Crippen molar-refractivity contribution in [1.82, 2.24) is 10.2 Å². The van der Waals surface area contributed by atoms with Crippen LogP contribution < -0.4 is 19.9 Å². The summed E-state index contributed by atoms with van der Waals surface area (Å²) in [5, 5.41) is 22.6. The molecule has 0 aliphatic carbocycles. The fourth-order valence-electron chi connectivity index (χ4n) is 9.60. The summed E-state index contributed by atoms with van der Waals surface area (Å²) >= 11 is 0. The normalized spacial score (nSPS) is 22.3. The molecule has 7 rings (SSSR count). The van der Waals surface area contributed by atoms with Crippen LogP contribution in [0.4, 0.5) is 17.1 Å². The summed E-state index contributed by atoms with van der Waals surface area (Å²) < 4.78 is 12.8. The molecule has 1 spiro atoms. The molecule has 0 aromatic heterocycles. The average molecular weight is 835 g/mol. The zero-order chi connectivity index (χ0) is 42.6. The van der Waals surface area contributed by atoms with Crippen molar-refractivity contribution in [1.29, 1.82) is 0 Å². The SMILES string of the molecule is CCOc1ccc2c(c1)CC(NCCCCO)C(=O)N2c1cccc(CN2C(=O)[C@]3(O[C@H](CC(=O)N(CCO)Cc4ccccc4)[C@@H]([Si](C)(C)O)[C@@H]3C)c3ccccc32)c1. The van der Waals surface area contributed by atoms with Crippen LogP contribution in [0.3, 0.4) is 0 Å². The van der Waals surface area contributed by atoms with Crippen LogP contribution in [-0.4, -0.2) is 91.0 Å². The lowest BCUT2D eigenvalue weighted by molar-refractivity contribution is -0.150. The minimum Gasteiger partial charge on any atom is -0.494 e. The molecule has 60 heavy (non-hydrogen) atoms. The highest BCUT2D eigenvalue weighted by molar-refractivity contribution is 6.71. The summed E-state index contributed by atoms with van der Waals surface area (Å²) in [6.07, 6.45) is 1.09. The number of hydrogen-bond donors (Lipinski definition) is 4. The molecule has 12 nitrogen and oxygen atoms in total. The second-order valence-corrected chi connectivity index (χ2v) is 20.7. The van der Waals surface area contributed by atoms with Crippen molar-refractivity contribution in [3.05, 3.63) is 119 Å². The predicted octanol–water partition coefficient (Wildman–Crippen LogP) is 5.79. The first-order valence-corrected chi connectivity index (χ1v) is 24.2. The zero-order valence-corrected chi connectivity index (χ0v) is 36.0. The molecule has 4 aromatic carbocycles. The fourth-order valence-corrected chi connectivity index (χ4v) is 12.2. The Morgan fingerprint density at radius 2 is 1.68 bits per heavy atom. The van der Waals surface area contributed by atoms with Gasteiger partial charge in [0.1, 0.15) is 5.75 Å². The van der Waals surface area contributed by atoms with Crippen molar-refractivity contribution in [2.24, 2.45) is 5.92 Å². The molecule has 3 aliphatic heterocycles. The number of aliphatic hydroxyl groups excluding tert-OH is 2. The molecule has 5 atom stereocenters. The van der Waals surface area contributed by atoms with E-state index in [-0.39, 0.29) is 50.4 Å². The molecule has 1 unspecified atom stereocenters.